The van der Waals surface area contributed by atoms with Crippen molar-refractivity contribution in [1.29, 1.82) is 0 Å². The van der Waals surface area contributed by atoms with Crippen molar-refractivity contribution in [2.24, 2.45) is 4.99 Å². The van der Waals surface area contributed by atoms with E-state index in [-0.39, 0.29) is 11.9 Å². The van der Waals surface area contributed by atoms with Crippen molar-refractivity contribution < 1.29 is 4.39 Å². The van der Waals surface area contributed by atoms with Crippen molar-refractivity contribution in [2.45, 2.75) is 13.0 Å². The minimum Gasteiger partial charge on any atom is -0.348 e. The first-order chi connectivity index (χ1) is 14.1. The molecule has 9 heteroatoms. The van der Waals surface area contributed by atoms with E-state index < -0.39 is 0 Å². The lowest BCUT2D eigenvalue weighted by Crippen LogP contribution is -2.45. The lowest BCUT2D eigenvalue weighted by molar-refractivity contribution is 0.311. The second-order valence-electron chi connectivity index (χ2n) is 7.24. The van der Waals surface area contributed by atoms with E-state index in [0.717, 1.165) is 37.6 Å². The Morgan fingerprint density at radius 3 is 2.41 bits per heavy atom. The van der Waals surface area contributed by atoms with Gasteiger partial charge in [-0.25, -0.2) is 4.39 Å². The Hall–Kier alpha value is -3.07. The summed E-state index contributed by atoms with van der Waals surface area (Å²) in [5.74, 6) is 2.03. The first-order valence-electron chi connectivity index (χ1n) is 9.76. The van der Waals surface area contributed by atoms with E-state index in [4.69, 9.17) is 0 Å². The van der Waals surface area contributed by atoms with Crippen molar-refractivity contribution in [1.82, 2.24) is 19.9 Å². The first kappa shape index (κ1) is 19.3. The summed E-state index contributed by atoms with van der Waals surface area (Å²) in [6.07, 6.45) is 3.88. The van der Waals surface area contributed by atoms with Gasteiger partial charge < -0.3 is 20.4 Å². The van der Waals surface area contributed by atoms with Crippen molar-refractivity contribution in [3.05, 3.63) is 47.8 Å². The number of likely N-dealkylation sites (N-methyl/N-ethyl adjacent to an activating group) is 1. The lowest BCUT2D eigenvalue weighted by atomic mass is 10.1. The molecule has 0 saturated carbocycles. The predicted octanol–water partition coefficient (Wildman–Crippen LogP) is 2.32. The summed E-state index contributed by atoms with van der Waals surface area (Å²) in [7, 11) is 2.11. The van der Waals surface area contributed by atoms with Crippen LogP contribution < -0.4 is 15.5 Å². The molecule has 0 unspecified atom stereocenters. The molecule has 1 aromatic carbocycles. The van der Waals surface area contributed by atoms with Crippen LogP contribution in [0.15, 0.2) is 41.4 Å². The fraction of sp³-hybridized carbons (Fsp3) is 0.400. The minimum absolute atomic E-state index is 0.0880. The third-order valence-corrected chi connectivity index (χ3v) is 5.01. The summed E-state index contributed by atoms with van der Waals surface area (Å²) in [4.78, 5) is 22.6. The summed E-state index contributed by atoms with van der Waals surface area (Å²) in [5.41, 5.74) is 0.950. The zero-order valence-corrected chi connectivity index (χ0v) is 16.6. The molecular weight excluding hydrogens is 371 g/mol. The first-order valence-corrected chi connectivity index (χ1v) is 9.76. The number of rotatable bonds is 5. The van der Waals surface area contributed by atoms with Gasteiger partial charge in [0.15, 0.2) is 0 Å². The second kappa shape index (κ2) is 8.52. The van der Waals surface area contributed by atoms with Crippen molar-refractivity contribution in [2.75, 3.05) is 55.3 Å². The Labute approximate surface area is 169 Å². The topological polar surface area (TPSA) is 81.6 Å². The molecule has 29 heavy (non-hydrogen) atoms. The molecule has 8 nitrogen and oxygen atoms in total. The Morgan fingerprint density at radius 1 is 1.00 bits per heavy atom. The standard InChI is InChI=1S/C20H25FN8/c1-14(15-5-7-16(21)8-6-15)23-18-25-19(24-17-4-3-9-22-17)27-20(26-18)29-12-10-28(2)11-13-29/h3-8,14H,9-13H2,1-2H3,(H2,22,23,24,25,26,27)/t14-/m0/s1. The molecule has 1 aromatic heterocycles. The number of amidine groups is 1. The Morgan fingerprint density at radius 2 is 1.72 bits per heavy atom. The van der Waals surface area contributed by atoms with Crippen molar-refractivity contribution in [3.63, 3.8) is 0 Å². The average molecular weight is 396 g/mol. The van der Waals surface area contributed by atoms with Crippen LogP contribution in [0.4, 0.5) is 22.2 Å². The number of hydrogen-bond donors (Lipinski definition) is 2. The van der Waals surface area contributed by atoms with Gasteiger partial charge in [-0.05, 0) is 37.7 Å². The molecule has 0 spiro atoms. The molecule has 1 saturated heterocycles. The summed E-state index contributed by atoms with van der Waals surface area (Å²) in [5, 5.41) is 6.48. The minimum atomic E-state index is -0.254. The maximum Gasteiger partial charge on any atom is 0.234 e. The number of nitrogens with one attached hydrogen (secondary N) is 2. The van der Waals surface area contributed by atoms with Gasteiger partial charge in [0.2, 0.25) is 17.8 Å². The summed E-state index contributed by atoms with van der Waals surface area (Å²) in [6.45, 7) is 6.27. The van der Waals surface area contributed by atoms with Gasteiger partial charge in [0.05, 0.1) is 12.6 Å². The monoisotopic (exact) mass is 396 g/mol. The zero-order chi connectivity index (χ0) is 20.2. The zero-order valence-electron chi connectivity index (χ0n) is 16.6. The third kappa shape index (κ3) is 4.86. The quantitative estimate of drug-likeness (QED) is 0.803. The molecule has 2 N–H and O–H groups in total. The molecule has 0 aliphatic carbocycles. The fourth-order valence-electron chi connectivity index (χ4n) is 3.23. The van der Waals surface area contributed by atoms with E-state index in [1.165, 1.54) is 12.1 Å². The number of aliphatic imine (C=N–C) groups is 1. The summed E-state index contributed by atoms with van der Waals surface area (Å²) >= 11 is 0. The SMILES string of the molecule is C[C@H](Nc1nc(NC2=NCC=C2)nc(N2CCN(C)CC2)n1)c1ccc(F)cc1. The van der Waals surface area contributed by atoms with Gasteiger partial charge >= 0.3 is 0 Å². The van der Waals surface area contributed by atoms with Gasteiger partial charge in [-0.3, -0.25) is 4.99 Å². The van der Waals surface area contributed by atoms with Crippen molar-refractivity contribution in [3.8, 4) is 0 Å². The normalized spacial score (nSPS) is 17.9. The van der Waals surface area contributed by atoms with Crippen LogP contribution in [0.5, 0.6) is 0 Å². The molecule has 2 aliphatic rings. The molecule has 4 rings (SSSR count). The summed E-state index contributed by atoms with van der Waals surface area (Å²) in [6, 6.07) is 6.33. The maximum absolute atomic E-state index is 13.2. The number of anilines is 3. The molecule has 0 radical (unpaired) electrons. The van der Waals surface area contributed by atoms with Crippen LogP contribution in [0.25, 0.3) is 0 Å². The van der Waals surface area contributed by atoms with Gasteiger partial charge in [-0.2, -0.15) is 15.0 Å². The van der Waals surface area contributed by atoms with E-state index in [0.29, 0.717) is 24.4 Å². The van der Waals surface area contributed by atoms with Gasteiger partial charge in [0.1, 0.15) is 11.7 Å². The molecule has 0 bridgehead atoms. The van der Waals surface area contributed by atoms with E-state index in [1.807, 2.05) is 19.1 Å². The van der Waals surface area contributed by atoms with E-state index in [9.17, 15) is 4.39 Å². The van der Waals surface area contributed by atoms with Crippen molar-refractivity contribution >= 4 is 23.7 Å². The highest BCUT2D eigenvalue weighted by Gasteiger charge is 2.19. The Kier molecular flexibility index (Phi) is 5.66. The smallest absolute Gasteiger partial charge is 0.234 e. The highest BCUT2D eigenvalue weighted by Crippen LogP contribution is 2.21. The highest BCUT2D eigenvalue weighted by molar-refractivity contribution is 6.04. The van der Waals surface area contributed by atoms with Gasteiger partial charge in [-0.15, -0.1) is 0 Å². The van der Waals surface area contributed by atoms with Crippen LogP contribution >= 0.6 is 0 Å². The van der Waals surface area contributed by atoms with E-state index in [1.54, 1.807) is 12.1 Å². The highest BCUT2D eigenvalue weighted by atomic mass is 19.1. The number of halogens is 1. The van der Waals surface area contributed by atoms with Crippen LogP contribution in [0, 0.1) is 5.82 Å². The van der Waals surface area contributed by atoms with E-state index >= 15 is 0 Å². The number of aromatic nitrogens is 3. The molecule has 1 fully saturated rings. The molecule has 2 aromatic rings. The van der Waals surface area contributed by atoms with Crippen LogP contribution in [-0.4, -0.2) is 65.5 Å². The van der Waals surface area contributed by atoms with Crippen LogP contribution in [0.3, 0.4) is 0 Å². The molecule has 1 atom stereocenters. The predicted molar refractivity (Wildman–Crippen MR) is 113 cm³/mol. The lowest BCUT2D eigenvalue weighted by Gasteiger charge is -2.32. The van der Waals surface area contributed by atoms with Crippen LogP contribution in [0.2, 0.25) is 0 Å². The van der Waals surface area contributed by atoms with Gasteiger partial charge in [-0.1, -0.05) is 18.2 Å². The maximum atomic E-state index is 13.2. The molecule has 152 valence electrons. The molecule has 2 aliphatic heterocycles. The number of nitrogens with zero attached hydrogens (tertiary/aromatic N) is 6. The summed E-state index contributed by atoms with van der Waals surface area (Å²) < 4.78 is 13.2. The van der Waals surface area contributed by atoms with E-state index in [2.05, 4.69) is 47.4 Å². The second-order valence-corrected chi connectivity index (χ2v) is 7.24. The van der Waals surface area contributed by atoms with Gasteiger partial charge in [0.25, 0.3) is 0 Å². The van der Waals surface area contributed by atoms with Crippen LogP contribution in [0.1, 0.15) is 18.5 Å². The molecule has 3 heterocycles. The Bertz CT molecular complexity index is 903. The largest absolute Gasteiger partial charge is 0.348 e. The number of hydrogen-bond acceptors (Lipinski definition) is 8. The molecule has 0 amide bonds. The number of benzene rings is 1. The van der Waals surface area contributed by atoms with Gasteiger partial charge in [0, 0.05) is 26.2 Å². The average Bonchev–Trinajstić information content (AvgIpc) is 3.22. The fourth-order valence-corrected chi connectivity index (χ4v) is 3.23. The molecular formula is C20H25FN8. The Balaban J connectivity index is 1.58. The third-order valence-electron chi connectivity index (χ3n) is 5.01. The van der Waals surface area contributed by atoms with Crippen LogP contribution in [-0.2, 0) is 0 Å². The number of piperazine rings is 1.